The van der Waals surface area contributed by atoms with Crippen molar-refractivity contribution in [2.75, 3.05) is 0 Å². The summed E-state index contributed by atoms with van der Waals surface area (Å²) in [6.07, 6.45) is -0.991. The Labute approximate surface area is 173 Å². The fraction of sp³-hybridized carbons (Fsp3) is 0.500. The lowest BCUT2D eigenvalue weighted by atomic mass is 9.56. The Balaban J connectivity index is 1.89. The average Bonchev–Trinajstić information content (AvgIpc) is 2.64. The quantitative estimate of drug-likeness (QED) is 0.445. The molecule has 8 heteroatoms. The molecule has 0 spiro atoms. The molecule has 160 valence electrons. The summed E-state index contributed by atoms with van der Waals surface area (Å²) < 4.78 is 0. The molecule has 2 fully saturated rings. The molecule has 2 saturated carbocycles. The van der Waals surface area contributed by atoms with E-state index in [9.17, 15) is 34.8 Å². The zero-order chi connectivity index (χ0) is 22.1. The van der Waals surface area contributed by atoms with Gasteiger partial charge >= 0.3 is 0 Å². The fourth-order valence-electron chi connectivity index (χ4n) is 5.49. The first-order chi connectivity index (χ1) is 14.0. The number of aliphatic hydroxyl groups excluding tert-OH is 2. The molecule has 0 heterocycles. The highest BCUT2D eigenvalue weighted by Crippen LogP contribution is 2.52. The summed E-state index contributed by atoms with van der Waals surface area (Å²) in [7, 11) is 0. The Morgan fingerprint density at radius 1 is 1.20 bits per heavy atom. The molecule has 2 unspecified atom stereocenters. The second kappa shape index (κ2) is 6.65. The molecule has 0 aromatic heterocycles. The lowest BCUT2D eigenvalue weighted by molar-refractivity contribution is -0.174. The minimum atomic E-state index is -2.54. The van der Waals surface area contributed by atoms with E-state index in [1.807, 2.05) is 13.8 Å². The van der Waals surface area contributed by atoms with Crippen molar-refractivity contribution < 1.29 is 34.8 Å². The van der Waals surface area contributed by atoms with Gasteiger partial charge in [-0.1, -0.05) is 19.9 Å². The number of phenols is 1. The Morgan fingerprint density at radius 2 is 1.87 bits per heavy atom. The molecule has 6 N–H and O–H groups in total. The first-order valence-corrected chi connectivity index (χ1v) is 10.1. The monoisotopic (exact) mass is 415 g/mol. The van der Waals surface area contributed by atoms with Crippen LogP contribution >= 0.6 is 0 Å². The molecular weight excluding hydrogens is 390 g/mol. The number of Topliss-reactive ketones (excluding diaryl/α,β-unsaturated/α-hetero) is 2. The summed E-state index contributed by atoms with van der Waals surface area (Å²) in [5.41, 5.74) is 4.36. The van der Waals surface area contributed by atoms with E-state index >= 15 is 0 Å². The molecule has 1 amide bonds. The highest BCUT2D eigenvalue weighted by atomic mass is 16.3. The van der Waals surface area contributed by atoms with Gasteiger partial charge in [0.2, 0.25) is 11.7 Å². The highest BCUT2D eigenvalue weighted by molar-refractivity contribution is 6.24. The summed E-state index contributed by atoms with van der Waals surface area (Å²) in [5.74, 6) is -6.83. The molecule has 8 nitrogen and oxygen atoms in total. The first kappa shape index (κ1) is 20.6. The Bertz CT molecular complexity index is 1010. The van der Waals surface area contributed by atoms with E-state index in [1.165, 1.54) is 6.07 Å². The minimum Gasteiger partial charge on any atom is -0.507 e. The van der Waals surface area contributed by atoms with Crippen molar-refractivity contribution in [2.45, 2.75) is 50.7 Å². The third-order valence-corrected chi connectivity index (χ3v) is 6.93. The number of fused-ring (bicyclic) bond motifs is 3. The van der Waals surface area contributed by atoms with E-state index < -0.39 is 52.7 Å². The van der Waals surface area contributed by atoms with Crippen molar-refractivity contribution in [3.63, 3.8) is 0 Å². The zero-order valence-corrected chi connectivity index (χ0v) is 16.8. The third-order valence-electron chi connectivity index (χ3n) is 6.93. The van der Waals surface area contributed by atoms with Crippen molar-refractivity contribution in [1.82, 2.24) is 0 Å². The van der Waals surface area contributed by atoms with Crippen molar-refractivity contribution in [3.8, 4) is 5.75 Å². The van der Waals surface area contributed by atoms with Gasteiger partial charge in [-0.15, -0.1) is 0 Å². The third kappa shape index (κ3) is 2.56. The van der Waals surface area contributed by atoms with Gasteiger partial charge in [-0.25, -0.2) is 0 Å². The van der Waals surface area contributed by atoms with Crippen molar-refractivity contribution in [1.29, 1.82) is 0 Å². The topological polar surface area (TPSA) is 158 Å². The molecule has 0 aliphatic heterocycles. The van der Waals surface area contributed by atoms with E-state index in [-0.39, 0.29) is 35.6 Å². The lowest BCUT2D eigenvalue weighted by Crippen LogP contribution is -2.66. The molecule has 0 radical (unpaired) electrons. The minimum absolute atomic E-state index is 0.110. The summed E-state index contributed by atoms with van der Waals surface area (Å²) in [6.45, 7) is 3.96. The number of aromatic hydroxyl groups is 1. The predicted octanol–water partition coefficient (Wildman–Crippen LogP) is 0.712. The van der Waals surface area contributed by atoms with Crippen LogP contribution in [0.1, 0.15) is 49.3 Å². The molecule has 0 bridgehead atoms. The number of phenolic OH excluding ortho intramolecular Hbond substituents is 1. The van der Waals surface area contributed by atoms with Gasteiger partial charge in [0.25, 0.3) is 0 Å². The van der Waals surface area contributed by atoms with Crippen LogP contribution in [0.5, 0.6) is 5.75 Å². The number of primary amides is 1. The van der Waals surface area contributed by atoms with Crippen LogP contribution in [0.15, 0.2) is 17.7 Å². The molecule has 1 aromatic carbocycles. The van der Waals surface area contributed by atoms with Crippen LogP contribution in [0.25, 0.3) is 5.76 Å². The number of benzene rings is 1. The van der Waals surface area contributed by atoms with Crippen LogP contribution in [0.3, 0.4) is 0 Å². The average molecular weight is 415 g/mol. The number of carbonyl (C=O) groups is 3. The summed E-state index contributed by atoms with van der Waals surface area (Å²) in [5, 5.41) is 42.8. The van der Waals surface area contributed by atoms with Crippen LogP contribution < -0.4 is 5.73 Å². The maximum absolute atomic E-state index is 13.3. The van der Waals surface area contributed by atoms with Gasteiger partial charge in [-0.3, -0.25) is 14.4 Å². The summed E-state index contributed by atoms with van der Waals surface area (Å²) >= 11 is 0. The Hall–Kier alpha value is -2.71. The van der Waals surface area contributed by atoms with Crippen LogP contribution in [0.4, 0.5) is 0 Å². The van der Waals surface area contributed by atoms with Crippen LogP contribution in [0, 0.1) is 17.8 Å². The van der Waals surface area contributed by atoms with Gasteiger partial charge in [0, 0.05) is 11.5 Å². The SMILES string of the molecule is CC(C)c1ccc(O)c2c1C[C@H]1C[C@H]3CC(O)C(C(N)=O)C(=O)[C@@]3(O)C(=O)C1=C2O. The number of carbonyl (C=O) groups excluding carboxylic acids is 3. The number of hydrogen-bond donors (Lipinski definition) is 5. The smallest absolute Gasteiger partial charge is 0.230 e. The van der Waals surface area contributed by atoms with Crippen molar-refractivity contribution in [2.24, 2.45) is 23.5 Å². The molecule has 30 heavy (non-hydrogen) atoms. The molecule has 3 aliphatic carbocycles. The number of ketones is 2. The van der Waals surface area contributed by atoms with E-state index in [0.29, 0.717) is 6.42 Å². The zero-order valence-electron chi connectivity index (χ0n) is 16.8. The van der Waals surface area contributed by atoms with Crippen molar-refractivity contribution >= 4 is 23.2 Å². The molecule has 1 aromatic rings. The van der Waals surface area contributed by atoms with Gasteiger partial charge in [0.15, 0.2) is 11.4 Å². The van der Waals surface area contributed by atoms with Gasteiger partial charge < -0.3 is 26.2 Å². The molecular formula is C22H25NO7. The van der Waals surface area contributed by atoms with Gasteiger partial charge in [-0.05, 0) is 48.3 Å². The van der Waals surface area contributed by atoms with Gasteiger partial charge in [0.05, 0.1) is 11.7 Å². The number of hydrogen-bond acceptors (Lipinski definition) is 7. The predicted molar refractivity (Wildman–Crippen MR) is 105 cm³/mol. The number of nitrogens with two attached hydrogens (primary N) is 1. The fourth-order valence-corrected chi connectivity index (χ4v) is 5.49. The van der Waals surface area contributed by atoms with Crippen LogP contribution in [-0.4, -0.2) is 49.6 Å². The maximum atomic E-state index is 13.3. The number of amides is 1. The van der Waals surface area contributed by atoms with E-state index in [0.717, 1.165) is 11.1 Å². The summed E-state index contributed by atoms with van der Waals surface area (Å²) in [4.78, 5) is 37.9. The largest absolute Gasteiger partial charge is 0.507 e. The summed E-state index contributed by atoms with van der Waals surface area (Å²) in [6, 6.07) is 3.23. The van der Waals surface area contributed by atoms with E-state index in [4.69, 9.17) is 5.73 Å². The number of aliphatic hydroxyl groups is 3. The Kier molecular flexibility index (Phi) is 4.56. The molecule has 5 atom stereocenters. The normalized spacial score (nSPS) is 33.2. The van der Waals surface area contributed by atoms with E-state index in [2.05, 4.69) is 0 Å². The van der Waals surface area contributed by atoms with Gasteiger partial charge in [-0.2, -0.15) is 0 Å². The first-order valence-electron chi connectivity index (χ1n) is 10.1. The lowest BCUT2D eigenvalue weighted by Gasteiger charge is -2.48. The van der Waals surface area contributed by atoms with Gasteiger partial charge in [0.1, 0.15) is 17.4 Å². The molecule has 0 saturated heterocycles. The van der Waals surface area contributed by atoms with Crippen molar-refractivity contribution in [3.05, 3.63) is 34.4 Å². The second-order valence-electron chi connectivity index (χ2n) is 8.92. The Morgan fingerprint density at radius 3 is 2.47 bits per heavy atom. The molecule has 3 aliphatic rings. The highest BCUT2D eigenvalue weighted by Gasteiger charge is 2.63. The van der Waals surface area contributed by atoms with E-state index in [1.54, 1.807) is 6.07 Å². The van der Waals surface area contributed by atoms with Crippen LogP contribution in [-0.2, 0) is 20.8 Å². The standard InChI is InChI=1S/C22H25NO7/c1-8(2)11-3-4-13(24)16-12(11)6-9-5-10-7-14(25)17(21(23)29)20(28)22(10,30)19(27)15(9)18(16)26/h3-4,8-10,14,17,24-26,30H,5-7H2,1-2H3,(H2,23,29)/t9-,10+,14?,17?,22+/m1/s1. The second-order valence-corrected chi connectivity index (χ2v) is 8.92. The number of rotatable bonds is 2. The molecule has 4 rings (SSSR count). The van der Waals surface area contributed by atoms with Crippen LogP contribution in [0.2, 0.25) is 0 Å². The maximum Gasteiger partial charge on any atom is 0.230 e.